The highest BCUT2D eigenvalue weighted by Crippen LogP contribution is 2.25. The maximum absolute atomic E-state index is 11.5. The van der Waals surface area contributed by atoms with Crippen molar-refractivity contribution in [2.24, 2.45) is 0 Å². The lowest BCUT2D eigenvalue weighted by Gasteiger charge is -2.05. The van der Waals surface area contributed by atoms with Crippen molar-refractivity contribution in [2.45, 2.75) is 0 Å². The summed E-state index contributed by atoms with van der Waals surface area (Å²) in [5, 5.41) is 11.4. The van der Waals surface area contributed by atoms with E-state index >= 15 is 0 Å². The van der Waals surface area contributed by atoms with E-state index in [9.17, 15) is 9.90 Å². The Labute approximate surface area is 121 Å². The molecule has 0 radical (unpaired) electrons. The second-order valence-electron chi connectivity index (χ2n) is 4.65. The molecule has 0 saturated carbocycles. The number of benzene rings is 2. The Morgan fingerprint density at radius 1 is 1.05 bits per heavy atom. The van der Waals surface area contributed by atoms with Gasteiger partial charge in [-0.1, -0.05) is 24.3 Å². The number of carbonyl (C=O) groups excluding carboxylic acids is 1. The van der Waals surface area contributed by atoms with Gasteiger partial charge in [0, 0.05) is 5.56 Å². The van der Waals surface area contributed by atoms with E-state index in [0.29, 0.717) is 5.69 Å². The predicted octanol–water partition coefficient (Wildman–Crippen LogP) is 3.39. The van der Waals surface area contributed by atoms with Crippen molar-refractivity contribution in [3.63, 3.8) is 0 Å². The molecule has 0 amide bonds. The van der Waals surface area contributed by atoms with Crippen LogP contribution in [0.15, 0.2) is 54.6 Å². The first-order chi connectivity index (χ1) is 10.2. The van der Waals surface area contributed by atoms with Crippen molar-refractivity contribution in [1.82, 2.24) is 4.98 Å². The van der Waals surface area contributed by atoms with Gasteiger partial charge in [-0.05, 0) is 41.1 Å². The molecule has 4 nitrogen and oxygen atoms in total. The van der Waals surface area contributed by atoms with E-state index in [0.717, 1.165) is 16.3 Å². The molecule has 104 valence electrons. The Morgan fingerprint density at radius 2 is 1.81 bits per heavy atom. The van der Waals surface area contributed by atoms with E-state index in [1.54, 1.807) is 24.3 Å². The summed E-state index contributed by atoms with van der Waals surface area (Å²) in [7, 11) is 1.33. The molecule has 4 heteroatoms. The fraction of sp³-hybridized carbons (Fsp3) is 0.0588. The number of esters is 1. The van der Waals surface area contributed by atoms with Gasteiger partial charge >= 0.3 is 5.97 Å². The van der Waals surface area contributed by atoms with Gasteiger partial charge in [-0.3, -0.25) is 0 Å². The topological polar surface area (TPSA) is 59.4 Å². The first-order valence-corrected chi connectivity index (χ1v) is 6.46. The molecule has 3 aromatic rings. The predicted molar refractivity (Wildman–Crippen MR) is 80.2 cm³/mol. The van der Waals surface area contributed by atoms with Crippen molar-refractivity contribution in [3.8, 4) is 17.0 Å². The Hall–Kier alpha value is -2.88. The maximum Gasteiger partial charge on any atom is 0.356 e. The molecule has 0 aliphatic heterocycles. The fourth-order valence-corrected chi connectivity index (χ4v) is 2.21. The largest absolute Gasteiger partial charge is 0.508 e. The minimum atomic E-state index is -0.456. The Bertz CT molecular complexity index is 827. The smallest absolute Gasteiger partial charge is 0.356 e. The van der Waals surface area contributed by atoms with Gasteiger partial charge in [0.05, 0.1) is 12.8 Å². The van der Waals surface area contributed by atoms with Crippen LogP contribution < -0.4 is 0 Å². The lowest BCUT2D eigenvalue weighted by atomic mass is 10.0. The number of aromatic nitrogens is 1. The third-order valence-electron chi connectivity index (χ3n) is 3.26. The first kappa shape index (κ1) is 13.1. The Kier molecular flexibility index (Phi) is 3.28. The number of aromatic hydroxyl groups is 1. The monoisotopic (exact) mass is 279 g/mol. The molecule has 2 aromatic carbocycles. The average molecular weight is 279 g/mol. The van der Waals surface area contributed by atoms with Gasteiger partial charge in [0.15, 0.2) is 0 Å². The van der Waals surface area contributed by atoms with Crippen LogP contribution in [0.3, 0.4) is 0 Å². The second-order valence-corrected chi connectivity index (χ2v) is 4.65. The molecule has 0 aliphatic carbocycles. The maximum atomic E-state index is 11.5. The molecule has 1 N–H and O–H groups in total. The minimum absolute atomic E-state index is 0.237. The quantitative estimate of drug-likeness (QED) is 0.730. The van der Waals surface area contributed by atoms with E-state index in [-0.39, 0.29) is 11.4 Å². The number of phenolic OH excluding ortho intramolecular Hbond substituents is 1. The SMILES string of the molecule is COC(=O)c1cccc(-c2ccc3cc(O)ccc3c2)n1. The van der Waals surface area contributed by atoms with E-state index < -0.39 is 5.97 Å². The number of hydrogen-bond donors (Lipinski definition) is 1. The molecule has 3 rings (SSSR count). The third-order valence-corrected chi connectivity index (χ3v) is 3.26. The highest BCUT2D eigenvalue weighted by molar-refractivity contribution is 5.90. The van der Waals surface area contributed by atoms with Crippen LogP contribution >= 0.6 is 0 Å². The van der Waals surface area contributed by atoms with Gasteiger partial charge < -0.3 is 9.84 Å². The molecule has 1 heterocycles. The van der Waals surface area contributed by atoms with Gasteiger partial charge in [-0.15, -0.1) is 0 Å². The van der Waals surface area contributed by atoms with Crippen LogP contribution in [-0.2, 0) is 4.74 Å². The second kappa shape index (κ2) is 5.25. The molecule has 21 heavy (non-hydrogen) atoms. The van der Waals surface area contributed by atoms with Gasteiger partial charge in [0.2, 0.25) is 0 Å². The van der Waals surface area contributed by atoms with Crippen LogP contribution in [0.25, 0.3) is 22.0 Å². The molecule has 0 bridgehead atoms. The zero-order valence-corrected chi connectivity index (χ0v) is 11.4. The number of nitrogens with zero attached hydrogens (tertiary/aromatic N) is 1. The summed E-state index contributed by atoms with van der Waals surface area (Å²) in [6.07, 6.45) is 0. The number of phenols is 1. The normalized spacial score (nSPS) is 10.5. The van der Waals surface area contributed by atoms with Gasteiger partial charge in [-0.25, -0.2) is 9.78 Å². The van der Waals surface area contributed by atoms with Gasteiger partial charge in [0.1, 0.15) is 11.4 Å². The first-order valence-electron chi connectivity index (χ1n) is 6.46. The molecule has 0 spiro atoms. The van der Waals surface area contributed by atoms with E-state index in [1.807, 2.05) is 30.3 Å². The lowest BCUT2D eigenvalue weighted by Crippen LogP contribution is -2.04. The fourth-order valence-electron chi connectivity index (χ4n) is 2.21. The standard InChI is InChI=1S/C17H13NO3/c1-21-17(20)16-4-2-3-15(18-16)13-6-5-12-10-14(19)8-7-11(12)9-13/h2-10,19H,1H3. The van der Waals surface area contributed by atoms with Crippen LogP contribution in [0.2, 0.25) is 0 Å². The summed E-state index contributed by atoms with van der Waals surface area (Å²) in [5.74, 6) is -0.219. The summed E-state index contributed by atoms with van der Waals surface area (Å²) in [5.41, 5.74) is 1.88. The number of ether oxygens (including phenoxy) is 1. The van der Waals surface area contributed by atoms with Crippen LogP contribution in [-0.4, -0.2) is 23.2 Å². The minimum Gasteiger partial charge on any atom is -0.508 e. The molecule has 1 aromatic heterocycles. The van der Waals surface area contributed by atoms with Crippen molar-refractivity contribution in [3.05, 3.63) is 60.3 Å². The average Bonchev–Trinajstić information content (AvgIpc) is 2.53. The number of pyridine rings is 1. The van der Waals surface area contributed by atoms with Crippen molar-refractivity contribution >= 4 is 16.7 Å². The number of carbonyl (C=O) groups is 1. The molecule has 0 atom stereocenters. The zero-order valence-electron chi connectivity index (χ0n) is 11.4. The zero-order chi connectivity index (χ0) is 14.8. The van der Waals surface area contributed by atoms with Crippen molar-refractivity contribution in [2.75, 3.05) is 7.11 Å². The van der Waals surface area contributed by atoms with Crippen LogP contribution in [0.1, 0.15) is 10.5 Å². The van der Waals surface area contributed by atoms with Crippen molar-refractivity contribution < 1.29 is 14.6 Å². The third kappa shape index (κ3) is 2.56. The molecule has 0 fully saturated rings. The Balaban J connectivity index is 2.08. The number of fused-ring (bicyclic) bond motifs is 1. The number of hydrogen-bond acceptors (Lipinski definition) is 4. The number of methoxy groups -OCH3 is 1. The number of rotatable bonds is 2. The highest BCUT2D eigenvalue weighted by atomic mass is 16.5. The molecular formula is C17H13NO3. The van der Waals surface area contributed by atoms with E-state index in [1.165, 1.54) is 7.11 Å². The van der Waals surface area contributed by atoms with Crippen LogP contribution in [0, 0.1) is 0 Å². The molecular weight excluding hydrogens is 266 g/mol. The van der Waals surface area contributed by atoms with Crippen LogP contribution in [0.4, 0.5) is 0 Å². The molecule has 0 aliphatic rings. The summed E-state index contributed by atoms with van der Waals surface area (Å²) in [6, 6.07) is 16.2. The molecule has 0 saturated heterocycles. The summed E-state index contributed by atoms with van der Waals surface area (Å²) in [4.78, 5) is 15.8. The van der Waals surface area contributed by atoms with Gasteiger partial charge in [0.25, 0.3) is 0 Å². The molecule has 0 unspecified atom stereocenters. The van der Waals surface area contributed by atoms with Crippen molar-refractivity contribution in [1.29, 1.82) is 0 Å². The summed E-state index contributed by atoms with van der Waals surface area (Å²) < 4.78 is 4.68. The summed E-state index contributed by atoms with van der Waals surface area (Å²) >= 11 is 0. The lowest BCUT2D eigenvalue weighted by molar-refractivity contribution is 0.0594. The Morgan fingerprint density at radius 3 is 2.62 bits per heavy atom. The highest BCUT2D eigenvalue weighted by Gasteiger charge is 2.09. The van der Waals surface area contributed by atoms with Gasteiger partial charge in [-0.2, -0.15) is 0 Å². The van der Waals surface area contributed by atoms with Crippen LogP contribution in [0.5, 0.6) is 5.75 Å². The summed E-state index contributed by atoms with van der Waals surface area (Å²) in [6.45, 7) is 0. The van der Waals surface area contributed by atoms with E-state index in [2.05, 4.69) is 9.72 Å². The van der Waals surface area contributed by atoms with E-state index in [4.69, 9.17) is 0 Å².